The van der Waals surface area contributed by atoms with Gasteiger partial charge >= 0.3 is 0 Å². The summed E-state index contributed by atoms with van der Waals surface area (Å²) in [4.78, 5) is 22.8. The van der Waals surface area contributed by atoms with Crippen LogP contribution < -0.4 is 10.2 Å². The van der Waals surface area contributed by atoms with Crippen LogP contribution in [0.4, 0.5) is 0 Å². The number of H-pyrrole nitrogens is 1. The molecule has 6 heteroatoms. The second-order valence-electron chi connectivity index (χ2n) is 8.69. The van der Waals surface area contributed by atoms with Crippen molar-refractivity contribution in [1.82, 2.24) is 14.9 Å². The van der Waals surface area contributed by atoms with Crippen LogP contribution in [0, 0.1) is 13.8 Å². The summed E-state index contributed by atoms with van der Waals surface area (Å²) in [6, 6.07) is 12.1. The number of nitrogens with one attached hydrogen (secondary N) is 1. The van der Waals surface area contributed by atoms with Crippen LogP contribution in [0.1, 0.15) is 24.0 Å². The Morgan fingerprint density at radius 1 is 1.19 bits per heavy atom. The molecule has 6 nitrogen and oxygen atoms in total. The van der Waals surface area contributed by atoms with Gasteiger partial charge in [0.2, 0.25) is 0 Å². The van der Waals surface area contributed by atoms with Crippen LogP contribution in [0.3, 0.4) is 0 Å². The van der Waals surface area contributed by atoms with E-state index in [1.54, 1.807) is 12.3 Å². The molecule has 0 aliphatic carbocycles. The molecule has 2 aromatic carbocycles. The second kappa shape index (κ2) is 8.28. The third-order valence-electron chi connectivity index (χ3n) is 6.47. The summed E-state index contributed by atoms with van der Waals surface area (Å²) in [5, 5.41) is 0.624. The van der Waals surface area contributed by atoms with Crippen LogP contribution in [-0.2, 0) is 0 Å². The largest absolute Gasteiger partial charge is 0.492 e. The maximum atomic E-state index is 13.0. The maximum Gasteiger partial charge on any atom is 0.190 e. The van der Waals surface area contributed by atoms with Crippen molar-refractivity contribution in [3.63, 3.8) is 0 Å². The molecule has 3 heterocycles. The van der Waals surface area contributed by atoms with Crippen LogP contribution in [0.2, 0.25) is 0 Å². The van der Waals surface area contributed by atoms with E-state index >= 15 is 0 Å². The molecule has 0 bridgehead atoms. The summed E-state index contributed by atoms with van der Waals surface area (Å²) >= 11 is 0. The van der Waals surface area contributed by atoms with Crippen LogP contribution in [0.25, 0.3) is 33.5 Å². The summed E-state index contributed by atoms with van der Waals surface area (Å²) in [5.74, 6) is 1.52. The highest BCUT2D eigenvalue weighted by Gasteiger charge is 2.21. The highest BCUT2D eigenvalue weighted by molar-refractivity contribution is 5.87. The Hall–Kier alpha value is -3.38. The van der Waals surface area contributed by atoms with Crippen molar-refractivity contribution in [2.24, 2.45) is 0 Å². The van der Waals surface area contributed by atoms with E-state index in [2.05, 4.69) is 28.8 Å². The summed E-state index contributed by atoms with van der Waals surface area (Å²) < 4.78 is 11.6. The molecule has 5 rings (SSSR count). The van der Waals surface area contributed by atoms with Gasteiger partial charge in [-0.15, -0.1) is 0 Å². The number of aromatic amines is 1. The van der Waals surface area contributed by atoms with E-state index in [1.165, 1.54) is 19.2 Å². The number of oxazole rings is 1. The third kappa shape index (κ3) is 3.82. The van der Waals surface area contributed by atoms with E-state index in [0.717, 1.165) is 45.8 Å². The number of likely N-dealkylation sites (tertiary alicyclic amines) is 1. The van der Waals surface area contributed by atoms with Crippen molar-refractivity contribution >= 4 is 10.9 Å². The van der Waals surface area contributed by atoms with E-state index in [-0.39, 0.29) is 5.43 Å². The Morgan fingerprint density at radius 3 is 2.81 bits per heavy atom. The van der Waals surface area contributed by atoms with Gasteiger partial charge in [0.1, 0.15) is 12.4 Å². The molecule has 1 aliphatic heterocycles. The Balaban J connectivity index is 1.49. The van der Waals surface area contributed by atoms with Crippen molar-refractivity contribution in [3.05, 3.63) is 70.3 Å². The molecule has 2 aromatic heterocycles. The van der Waals surface area contributed by atoms with Crippen molar-refractivity contribution in [3.8, 4) is 28.3 Å². The number of aromatic nitrogens is 2. The smallest absolute Gasteiger partial charge is 0.190 e. The minimum absolute atomic E-state index is 0.0369. The first-order chi connectivity index (χ1) is 15.5. The zero-order chi connectivity index (χ0) is 22.2. The number of hydrogen-bond acceptors (Lipinski definition) is 5. The number of likely N-dealkylation sites (N-methyl/N-ethyl adjacent to an activating group) is 1. The molecule has 1 fully saturated rings. The van der Waals surface area contributed by atoms with Gasteiger partial charge in [-0.1, -0.05) is 12.1 Å². The summed E-state index contributed by atoms with van der Waals surface area (Å²) in [7, 11) is 2.15. The van der Waals surface area contributed by atoms with Crippen molar-refractivity contribution < 1.29 is 9.15 Å². The zero-order valence-corrected chi connectivity index (χ0v) is 18.6. The standard InChI is InChI=1S/C26H27N3O3/c1-16-6-7-18(10-25(16)31-14-19-5-4-8-29(19)3)22-12-24(30)21-11-20(26-13-27-15-32-26)17(2)9-23(21)28-22/h6-7,9-13,15,19H,4-5,8,14H2,1-3H3,(H,28,30)/t19-/m1/s1. The molecule has 0 unspecified atom stereocenters. The number of nitrogens with zero attached hydrogens (tertiary/aromatic N) is 2. The molecule has 1 N–H and O–H groups in total. The predicted molar refractivity (Wildman–Crippen MR) is 126 cm³/mol. The SMILES string of the molecule is Cc1ccc(-c2cc(=O)c3cc(-c4cnco4)c(C)cc3[nH]2)cc1OC[C@H]1CCCN1C. The number of benzene rings is 2. The molecule has 1 atom stereocenters. The number of hydrogen-bond donors (Lipinski definition) is 1. The highest BCUT2D eigenvalue weighted by Crippen LogP contribution is 2.30. The third-order valence-corrected chi connectivity index (χ3v) is 6.47. The van der Waals surface area contributed by atoms with E-state index in [1.807, 2.05) is 37.3 Å². The molecule has 0 radical (unpaired) electrons. The van der Waals surface area contributed by atoms with Crippen molar-refractivity contribution in [2.75, 3.05) is 20.2 Å². The normalized spacial score (nSPS) is 16.7. The van der Waals surface area contributed by atoms with Crippen LogP contribution in [0.15, 0.2) is 58.2 Å². The lowest BCUT2D eigenvalue weighted by Gasteiger charge is -2.20. The van der Waals surface area contributed by atoms with E-state index < -0.39 is 0 Å². The van der Waals surface area contributed by atoms with Crippen LogP contribution in [-0.4, -0.2) is 41.1 Å². The first-order valence-electron chi connectivity index (χ1n) is 11.0. The summed E-state index contributed by atoms with van der Waals surface area (Å²) in [6.07, 6.45) is 5.45. The van der Waals surface area contributed by atoms with Gasteiger partial charge in [0, 0.05) is 34.3 Å². The molecular formula is C26H27N3O3. The number of ether oxygens (including phenoxy) is 1. The molecule has 164 valence electrons. The number of aryl methyl sites for hydroxylation is 2. The predicted octanol–water partition coefficient (Wildman–Crippen LogP) is 4.94. The lowest BCUT2D eigenvalue weighted by Crippen LogP contribution is -2.30. The van der Waals surface area contributed by atoms with E-state index in [4.69, 9.17) is 9.15 Å². The van der Waals surface area contributed by atoms with Gasteiger partial charge in [-0.2, -0.15) is 0 Å². The average Bonchev–Trinajstić information content (AvgIpc) is 3.44. The van der Waals surface area contributed by atoms with E-state index in [9.17, 15) is 4.79 Å². The van der Waals surface area contributed by atoms with Gasteiger partial charge in [-0.3, -0.25) is 4.79 Å². The zero-order valence-electron chi connectivity index (χ0n) is 18.6. The fraction of sp³-hybridized carbons (Fsp3) is 0.308. The molecule has 4 aromatic rings. The fourth-order valence-electron chi connectivity index (χ4n) is 4.47. The van der Waals surface area contributed by atoms with Gasteiger partial charge in [0.05, 0.1) is 11.7 Å². The molecule has 1 aliphatic rings. The Bertz CT molecular complexity index is 1320. The number of pyridine rings is 1. The van der Waals surface area contributed by atoms with Crippen LogP contribution >= 0.6 is 0 Å². The molecule has 0 saturated carbocycles. The average molecular weight is 430 g/mol. The second-order valence-corrected chi connectivity index (χ2v) is 8.69. The van der Waals surface area contributed by atoms with Crippen molar-refractivity contribution in [2.45, 2.75) is 32.7 Å². The molecule has 32 heavy (non-hydrogen) atoms. The Labute approximate surface area is 186 Å². The molecule has 0 spiro atoms. The number of fused-ring (bicyclic) bond motifs is 1. The molecule has 1 saturated heterocycles. The lowest BCUT2D eigenvalue weighted by molar-refractivity contribution is 0.197. The van der Waals surface area contributed by atoms with Crippen LogP contribution in [0.5, 0.6) is 5.75 Å². The van der Waals surface area contributed by atoms with Crippen molar-refractivity contribution in [1.29, 1.82) is 0 Å². The van der Waals surface area contributed by atoms with Gasteiger partial charge in [-0.25, -0.2) is 4.98 Å². The topological polar surface area (TPSA) is 71.4 Å². The summed E-state index contributed by atoms with van der Waals surface area (Å²) in [6.45, 7) is 5.86. The minimum atomic E-state index is -0.0369. The maximum absolute atomic E-state index is 13.0. The number of rotatable bonds is 5. The Kier molecular flexibility index (Phi) is 5.31. The monoisotopic (exact) mass is 429 g/mol. The van der Waals surface area contributed by atoms with Gasteiger partial charge < -0.3 is 19.0 Å². The molecular weight excluding hydrogens is 402 g/mol. The molecule has 0 amide bonds. The van der Waals surface area contributed by atoms with Gasteiger partial charge in [-0.05, 0) is 69.6 Å². The minimum Gasteiger partial charge on any atom is -0.492 e. The summed E-state index contributed by atoms with van der Waals surface area (Å²) in [5.41, 5.74) is 5.43. The first kappa shape index (κ1) is 20.5. The van der Waals surface area contributed by atoms with Gasteiger partial charge in [0.15, 0.2) is 17.6 Å². The van der Waals surface area contributed by atoms with E-state index in [0.29, 0.717) is 23.8 Å². The quantitative estimate of drug-likeness (QED) is 0.487. The fourth-order valence-corrected chi connectivity index (χ4v) is 4.47. The highest BCUT2D eigenvalue weighted by atomic mass is 16.5. The Morgan fingerprint density at radius 2 is 2.06 bits per heavy atom. The van der Waals surface area contributed by atoms with Gasteiger partial charge in [0.25, 0.3) is 0 Å². The lowest BCUT2D eigenvalue weighted by atomic mass is 10.0. The first-order valence-corrected chi connectivity index (χ1v) is 11.0.